The van der Waals surface area contributed by atoms with Gasteiger partial charge in [-0.05, 0) is 39.2 Å². The average molecular weight is 471 g/mol. The standard InChI is InChI=1S/C23H28F2N8O/c1-12-5-14(9-31(8-12)18-10-32(29-13(18)2)23(3,4)11-34)20-28-21-16-6-15(24)7-17(25)19(16)27-22(26)33(21)30-20/h6-7,10,12,14,34H,5,8-9,11H2,1-4H3,(H2,26,27)/t12-,14+/m1/s1. The fourth-order valence-electron chi connectivity index (χ4n) is 4.73. The Kier molecular flexibility index (Phi) is 5.19. The molecule has 0 saturated carbocycles. The Labute approximate surface area is 195 Å². The van der Waals surface area contributed by atoms with Crippen LogP contribution in [0.5, 0.6) is 0 Å². The monoisotopic (exact) mass is 470 g/mol. The zero-order valence-electron chi connectivity index (χ0n) is 19.6. The highest BCUT2D eigenvalue weighted by Gasteiger charge is 2.32. The first-order valence-electron chi connectivity index (χ1n) is 11.3. The maximum Gasteiger partial charge on any atom is 0.223 e. The molecule has 0 unspecified atom stereocenters. The van der Waals surface area contributed by atoms with Gasteiger partial charge in [0.05, 0.1) is 28.9 Å². The maximum atomic E-state index is 14.3. The summed E-state index contributed by atoms with van der Waals surface area (Å²) in [6, 6.07) is 1.99. The van der Waals surface area contributed by atoms with E-state index in [-0.39, 0.29) is 35.0 Å². The summed E-state index contributed by atoms with van der Waals surface area (Å²) >= 11 is 0. The van der Waals surface area contributed by atoms with Crippen molar-refractivity contribution in [3.63, 3.8) is 0 Å². The first-order chi connectivity index (χ1) is 16.1. The van der Waals surface area contributed by atoms with Crippen LogP contribution in [-0.2, 0) is 5.54 Å². The van der Waals surface area contributed by atoms with Crippen LogP contribution < -0.4 is 10.6 Å². The van der Waals surface area contributed by atoms with Crippen LogP contribution in [0.3, 0.4) is 0 Å². The van der Waals surface area contributed by atoms with Crippen LogP contribution in [0.25, 0.3) is 16.6 Å². The molecule has 1 saturated heterocycles. The van der Waals surface area contributed by atoms with Gasteiger partial charge in [-0.2, -0.15) is 9.61 Å². The third-order valence-corrected chi connectivity index (χ3v) is 6.58. The van der Waals surface area contributed by atoms with Gasteiger partial charge in [0.1, 0.15) is 11.3 Å². The Morgan fingerprint density at radius 3 is 2.68 bits per heavy atom. The van der Waals surface area contributed by atoms with Crippen LogP contribution >= 0.6 is 0 Å². The van der Waals surface area contributed by atoms with Crippen LogP contribution in [0.4, 0.5) is 20.4 Å². The molecule has 5 rings (SSSR count). The lowest BCUT2D eigenvalue weighted by Crippen LogP contribution is -2.39. The third-order valence-electron chi connectivity index (χ3n) is 6.58. The molecule has 0 radical (unpaired) electrons. The molecule has 0 amide bonds. The second-order valence-electron chi connectivity index (χ2n) is 9.92. The molecule has 0 bridgehead atoms. The lowest BCUT2D eigenvalue weighted by Gasteiger charge is -2.36. The minimum Gasteiger partial charge on any atom is -0.394 e. The van der Waals surface area contributed by atoms with Gasteiger partial charge in [-0.15, -0.1) is 5.10 Å². The normalized spacial score (nSPS) is 19.4. The lowest BCUT2D eigenvalue weighted by molar-refractivity contribution is 0.152. The molecule has 1 fully saturated rings. The van der Waals surface area contributed by atoms with Crippen molar-refractivity contribution in [2.24, 2.45) is 5.92 Å². The van der Waals surface area contributed by atoms with E-state index < -0.39 is 17.2 Å². The van der Waals surface area contributed by atoms with E-state index in [0.717, 1.165) is 30.4 Å². The smallest absolute Gasteiger partial charge is 0.223 e. The molecule has 11 heteroatoms. The summed E-state index contributed by atoms with van der Waals surface area (Å²) in [6.07, 6.45) is 2.83. The van der Waals surface area contributed by atoms with Crippen LogP contribution in [-0.4, -0.2) is 54.2 Å². The van der Waals surface area contributed by atoms with E-state index in [0.29, 0.717) is 18.3 Å². The number of aromatic nitrogens is 6. The van der Waals surface area contributed by atoms with Gasteiger partial charge in [-0.25, -0.2) is 18.7 Å². The lowest BCUT2D eigenvalue weighted by atomic mass is 9.89. The second kappa shape index (κ2) is 7.86. The van der Waals surface area contributed by atoms with Crippen molar-refractivity contribution >= 4 is 28.2 Å². The molecule has 3 aromatic heterocycles. The minimum atomic E-state index is -0.787. The highest BCUT2D eigenvalue weighted by atomic mass is 19.1. The number of halogens is 2. The van der Waals surface area contributed by atoms with E-state index in [1.165, 1.54) is 10.6 Å². The molecule has 34 heavy (non-hydrogen) atoms. The summed E-state index contributed by atoms with van der Waals surface area (Å²) in [5.74, 6) is -0.617. The molecule has 9 nitrogen and oxygen atoms in total. The number of benzene rings is 1. The summed E-state index contributed by atoms with van der Waals surface area (Å²) in [6.45, 7) is 9.46. The SMILES string of the molecule is Cc1nn(C(C)(C)CO)cc1N1C[C@H](C)C[C@H](c2nc3c4cc(F)cc(F)c4nc(N)n3n2)C1. The van der Waals surface area contributed by atoms with Crippen molar-refractivity contribution in [2.45, 2.75) is 45.6 Å². The second-order valence-corrected chi connectivity index (χ2v) is 9.92. The molecule has 1 aliphatic rings. The van der Waals surface area contributed by atoms with Gasteiger partial charge in [0.15, 0.2) is 17.3 Å². The average Bonchev–Trinajstić information content (AvgIpc) is 3.40. The van der Waals surface area contributed by atoms with Gasteiger partial charge in [0.25, 0.3) is 0 Å². The topological polar surface area (TPSA) is 110 Å². The van der Waals surface area contributed by atoms with Gasteiger partial charge < -0.3 is 15.7 Å². The predicted molar refractivity (Wildman–Crippen MR) is 125 cm³/mol. The number of aliphatic hydroxyl groups excluding tert-OH is 1. The van der Waals surface area contributed by atoms with Gasteiger partial charge in [-0.3, -0.25) is 4.68 Å². The summed E-state index contributed by atoms with van der Waals surface area (Å²) in [7, 11) is 0. The quantitative estimate of drug-likeness (QED) is 0.472. The van der Waals surface area contributed by atoms with E-state index in [9.17, 15) is 13.9 Å². The van der Waals surface area contributed by atoms with Crippen LogP contribution in [0.15, 0.2) is 18.3 Å². The molecular weight excluding hydrogens is 442 g/mol. The minimum absolute atomic E-state index is 0.00386. The van der Waals surface area contributed by atoms with Crippen molar-refractivity contribution in [3.8, 4) is 0 Å². The fraction of sp³-hybridized carbons (Fsp3) is 0.478. The number of fused-ring (bicyclic) bond motifs is 3. The summed E-state index contributed by atoms with van der Waals surface area (Å²) in [5.41, 5.74) is 7.66. The molecule has 1 aromatic carbocycles. The third kappa shape index (κ3) is 3.64. The number of nitrogens with two attached hydrogens (primary N) is 1. The highest BCUT2D eigenvalue weighted by molar-refractivity contribution is 5.92. The highest BCUT2D eigenvalue weighted by Crippen LogP contribution is 2.34. The molecule has 0 aliphatic carbocycles. The number of piperidine rings is 1. The van der Waals surface area contributed by atoms with Crippen molar-refractivity contribution in [3.05, 3.63) is 41.5 Å². The maximum absolute atomic E-state index is 14.3. The number of anilines is 2. The predicted octanol–water partition coefficient (Wildman–Crippen LogP) is 3.00. The van der Waals surface area contributed by atoms with E-state index >= 15 is 0 Å². The number of nitrogens with zero attached hydrogens (tertiary/aromatic N) is 7. The van der Waals surface area contributed by atoms with Gasteiger partial charge in [-0.1, -0.05) is 6.92 Å². The Balaban J connectivity index is 1.54. The zero-order valence-corrected chi connectivity index (χ0v) is 19.6. The van der Waals surface area contributed by atoms with Crippen LogP contribution in [0.1, 0.15) is 44.6 Å². The van der Waals surface area contributed by atoms with Crippen molar-refractivity contribution in [1.29, 1.82) is 0 Å². The van der Waals surface area contributed by atoms with E-state index in [1.54, 1.807) is 4.68 Å². The first-order valence-corrected chi connectivity index (χ1v) is 11.3. The summed E-state index contributed by atoms with van der Waals surface area (Å²) in [4.78, 5) is 11.0. The van der Waals surface area contributed by atoms with Gasteiger partial charge in [0, 0.05) is 31.3 Å². The van der Waals surface area contributed by atoms with E-state index in [4.69, 9.17) is 5.73 Å². The molecule has 4 heterocycles. The molecular formula is C23H28F2N8O. The summed E-state index contributed by atoms with van der Waals surface area (Å²) < 4.78 is 31.4. The molecule has 2 atom stereocenters. The largest absolute Gasteiger partial charge is 0.394 e. The fourth-order valence-corrected chi connectivity index (χ4v) is 4.73. The molecule has 1 aliphatic heterocycles. The van der Waals surface area contributed by atoms with E-state index in [1.807, 2.05) is 27.0 Å². The van der Waals surface area contributed by atoms with Gasteiger partial charge in [0.2, 0.25) is 5.95 Å². The Morgan fingerprint density at radius 1 is 1.18 bits per heavy atom. The number of rotatable bonds is 4. The first kappa shape index (κ1) is 22.5. The molecule has 3 N–H and O–H groups in total. The Hall–Kier alpha value is -3.34. The number of hydrogen-bond donors (Lipinski definition) is 2. The number of hydrogen-bond acceptors (Lipinski definition) is 7. The molecule has 0 spiro atoms. The van der Waals surface area contributed by atoms with Crippen molar-refractivity contribution in [2.75, 3.05) is 30.3 Å². The molecule has 180 valence electrons. The Bertz CT molecular complexity index is 1400. The van der Waals surface area contributed by atoms with Crippen LogP contribution in [0, 0.1) is 24.5 Å². The van der Waals surface area contributed by atoms with E-state index in [2.05, 4.69) is 32.0 Å². The number of nitrogen functional groups attached to an aromatic ring is 1. The zero-order chi connectivity index (χ0) is 24.4. The number of aliphatic hydroxyl groups is 1. The van der Waals surface area contributed by atoms with Crippen molar-refractivity contribution in [1.82, 2.24) is 29.4 Å². The van der Waals surface area contributed by atoms with Gasteiger partial charge >= 0.3 is 0 Å². The van der Waals surface area contributed by atoms with Crippen LogP contribution in [0.2, 0.25) is 0 Å². The Morgan fingerprint density at radius 2 is 1.94 bits per heavy atom. The number of aryl methyl sites for hydroxylation is 1. The van der Waals surface area contributed by atoms with Crippen molar-refractivity contribution < 1.29 is 13.9 Å². The molecule has 4 aromatic rings. The summed E-state index contributed by atoms with van der Waals surface area (Å²) in [5, 5.41) is 19.2.